The molecule has 2 saturated carbocycles. The fraction of sp³-hybridized carbons (Fsp3) is 0.718. The predicted octanol–water partition coefficient (Wildman–Crippen LogP) is 7.55. The second kappa shape index (κ2) is 12.4. The van der Waals surface area contributed by atoms with Gasteiger partial charge in [0.05, 0.1) is 38.1 Å². The first-order chi connectivity index (χ1) is 21.3. The highest BCUT2D eigenvalue weighted by Crippen LogP contribution is 2.64. The molecule has 240 valence electrons. The summed E-state index contributed by atoms with van der Waals surface area (Å²) in [4.78, 5) is 15.0. The molecule has 2 saturated heterocycles. The van der Waals surface area contributed by atoms with Crippen LogP contribution in [0.1, 0.15) is 91.0 Å². The smallest absolute Gasteiger partial charge is 0.155 e. The number of hydrogen-bond donors (Lipinski definition) is 0. The third kappa shape index (κ3) is 5.58. The maximum absolute atomic E-state index is 12.3. The number of piperidine rings is 1. The topological polar surface area (TPSA) is 48.0 Å². The van der Waals surface area contributed by atoms with Gasteiger partial charge in [0, 0.05) is 31.5 Å². The lowest BCUT2D eigenvalue weighted by molar-refractivity contribution is -0.116. The van der Waals surface area contributed by atoms with Crippen LogP contribution in [-0.2, 0) is 25.6 Å². The predicted molar refractivity (Wildman–Crippen MR) is 174 cm³/mol. The molecule has 9 atom stereocenters. The van der Waals surface area contributed by atoms with Crippen molar-refractivity contribution in [2.75, 3.05) is 32.9 Å². The zero-order chi connectivity index (χ0) is 30.5. The number of carbonyl (C=O) groups excluding carboxylic acids is 1. The van der Waals surface area contributed by atoms with Gasteiger partial charge in [0.2, 0.25) is 0 Å². The Morgan fingerprint density at radius 3 is 2.68 bits per heavy atom. The monoisotopic (exact) mass is 601 g/mol. The van der Waals surface area contributed by atoms with Crippen LogP contribution in [0.25, 0.3) is 0 Å². The van der Waals surface area contributed by atoms with E-state index in [1.54, 1.807) is 11.1 Å². The Kier molecular flexibility index (Phi) is 8.71. The first-order valence-electron chi connectivity index (χ1n) is 17.8. The van der Waals surface area contributed by atoms with Crippen LogP contribution in [0.15, 0.2) is 53.1 Å². The van der Waals surface area contributed by atoms with Crippen LogP contribution < -0.4 is 0 Å². The Morgan fingerprint density at radius 2 is 1.84 bits per heavy atom. The Labute approximate surface area is 265 Å². The summed E-state index contributed by atoms with van der Waals surface area (Å²) < 4.78 is 19.2. The minimum absolute atomic E-state index is 0.0401. The number of benzene rings is 1. The highest BCUT2D eigenvalue weighted by Gasteiger charge is 2.59. The second-order valence-electron chi connectivity index (χ2n) is 15.7. The Balaban J connectivity index is 0.988. The number of likely N-dealkylation sites (tertiary alicyclic amines) is 1. The van der Waals surface area contributed by atoms with Gasteiger partial charge in [-0.05, 0) is 99.0 Å². The van der Waals surface area contributed by atoms with Crippen LogP contribution in [0, 0.1) is 35.0 Å². The van der Waals surface area contributed by atoms with E-state index < -0.39 is 0 Å². The van der Waals surface area contributed by atoms with E-state index in [0.29, 0.717) is 61.4 Å². The lowest BCUT2D eigenvalue weighted by Crippen LogP contribution is -2.52. The average Bonchev–Trinajstić information content (AvgIpc) is 3.47. The van der Waals surface area contributed by atoms with Crippen molar-refractivity contribution < 1.29 is 19.0 Å². The van der Waals surface area contributed by atoms with Gasteiger partial charge >= 0.3 is 0 Å². The Morgan fingerprint density at radius 1 is 1.02 bits per heavy atom. The zero-order valence-electron chi connectivity index (χ0n) is 27.7. The van der Waals surface area contributed by atoms with Crippen molar-refractivity contribution in [3.05, 3.63) is 58.7 Å². The Hall–Kier alpha value is -1.79. The lowest BCUT2D eigenvalue weighted by Gasteiger charge is -2.48. The largest absolute Gasteiger partial charge is 0.378 e. The van der Waals surface area contributed by atoms with Crippen LogP contribution in [0.4, 0.5) is 0 Å². The first-order valence-corrected chi connectivity index (χ1v) is 17.8. The SMILES string of the molecule is CC1=C2C[C@H]3[C@@H](CCC4=CC(=O)CC[C@@]43C)[C@@H]2CC[C@@]2(C1)O[C@@H]1C[C@H](C)CN(CCOCCOCc3ccccc3)[C@H]1[C@H]2C. The van der Waals surface area contributed by atoms with Gasteiger partial charge < -0.3 is 14.2 Å². The molecule has 2 heterocycles. The van der Waals surface area contributed by atoms with Gasteiger partial charge in [-0.2, -0.15) is 0 Å². The molecule has 0 unspecified atom stereocenters. The highest BCUT2D eigenvalue weighted by atomic mass is 16.5. The van der Waals surface area contributed by atoms with Gasteiger partial charge in [0.1, 0.15) is 0 Å². The van der Waals surface area contributed by atoms with E-state index in [0.717, 1.165) is 51.3 Å². The summed E-state index contributed by atoms with van der Waals surface area (Å²) in [6.45, 7) is 14.6. The standard InChI is InChI=1S/C39H55NO4/c1-26-20-36-37(40(24-26)16-17-42-18-19-43-25-29-8-6-5-7-9-29)28(3)39(44-36)15-13-32-33-11-10-30-21-31(41)12-14-38(30,4)35(33)22-34(32)27(2)23-39/h5-9,21,26,28,32-33,35-37H,10-20,22-25H2,1-4H3/t26-,28+,32-,33-,35-,36+,37-,38-,39-/m0/s1. The number of ketones is 1. The molecule has 1 aromatic rings. The molecule has 1 spiro atoms. The maximum atomic E-state index is 12.3. The van der Waals surface area contributed by atoms with Crippen molar-refractivity contribution in [3.8, 4) is 0 Å². The van der Waals surface area contributed by atoms with Gasteiger partial charge in [-0.25, -0.2) is 0 Å². The summed E-state index contributed by atoms with van der Waals surface area (Å²) >= 11 is 0. The number of ether oxygens (including phenoxy) is 3. The summed E-state index contributed by atoms with van der Waals surface area (Å²) in [5.74, 6) is 3.71. The van der Waals surface area contributed by atoms with Crippen molar-refractivity contribution in [3.63, 3.8) is 0 Å². The van der Waals surface area contributed by atoms with Crippen molar-refractivity contribution in [2.24, 2.45) is 35.0 Å². The molecule has 4 fully saturated rings. The lowest BCUT2D eigenvalue weighted by atomic mass is 9.56. The molecule has 7 rings (SSSR count). The number of rotatable bonds is 8. The maximum Gasteiger partial charge on any atom is 0.155 e. The van der Waals surface area contributed by atoms with Crippen LogP contribution >= 0.6 is 0 Å². The van der Waals surface area contributed by atoms with Crippen molar-refractivity contribution in [1.29, 1.82) is 0 Å². The number of carbonyl (C=O) groups is 1. The normalized spacial score (nSPS) is 40.3. The number of nitrogens with zero attached hydrogens (tertiary/aromatic N) is 1. The molecule has 5 heteroatoms. The zero-order valence-corrected chi connectivity index (χ0v) is 27.7. The molecule has 1 aromatic carbocycles. The molecule has 0 aromatic heterocycles. The molecule has 0 radical (unpaired) electrons. The molecule has 2 aliphatic heterocycles. The molecular weight excluding hydrogens is 546 g/mol. The minimum Gasteiger partial charge on any atom is -0.378 e. The first kappa shape index (κ1) is 30.8. The summed E-state index contributed by atoms with van der Waals surface area (Å²) in [5.41, 5.74) is 6.27. The third-order valence-electron chi connectivity index (χ3n) is 13.2. The van der Waals surface area contributed by atoms with Crippen LogP contribution in [0.3, 0.4) is 0 Å². The van der Waals surface area contributed by atoms with E-state index in [-0.39, 0.29) is 11.0 Å². The summed E-state index contributed by atoms with van der Waals surface area (Å²) in [5, 5.41) is 0. The minimum atomic E-state index is -0.0401. The van der Waals surface area contributed by atoms with E-state index in [1.807, 2.05) is 12.1 Å². The molecule has 0 bridgehead atoms. The molecule has 44 heavy (non-hydrogen) atoms. The Bertz CT molecular complexity index is 1270. The molecule has 4 aliphatic carbocycles. The van der Waals surface area contributed by atoms with E-state index >= 15 is 0 Å². The van der Waals surface area contributed by atoms with E-state index in [4.69, 9.17) is 14.2 Å². The fourth-order valence-electron chi connectivity index (χ4n) is 10.9. The van der Waals surface area contributed by atoms with E-state index in [9.17, 15) is 4.79 Å². The average molecular weight is 602 g/mol. The summed E-state index contributed by atoms with van der Waals surface area (Å²) in [6, 6.07) is 10.8. The number of fused-ring (bicyclic) bond motifs is 6. The molecule has 0 amide bonds. The summed E-state index contributed by atoms with van der Waals surface area (Å²) in [7, 11) is 0. The van der Waals surface area contributed by atoms with E-state index in [1.165, 1.54) is 43.2 Å². The van der Waals surface area contributed by atoms with Gasteiger partial charge in [-0.15, -0.1) is 0 Å². The van der Waals surface area contributed by atoms with Gasteiger partial charge in [0.25, 0.3) is 0 Å². The van der Waals surface area contributed by atoms with Gasteiger partial charge in [-0.1, -0.05) is 67.8 Å². The van der Waals surface area contributed by atoms with Crippen LogP contribution in [0.2, 0.25) is 0 Å². The number of allylic oxidation sites excluding steroid dienone is 3. The molecule has 5 nitrogen and oxygen atoms in total. The summed E-state index contributed by atoms with van der Waals surface area (Å²) in [6.07, 6.45) is 12.5. The van der Waals surface area contributed by atoms with Gasteiger partial charge in [-0.3, -0.25) is 9.69 Å². The quantitative estimate of drug-likeness (QED) is 0.228. The van der Waals surface area contributed by atoms with Gasteiger partial charge in [0.15, 0.2) is 5.78 Å². The second-order valence-corrected chi connectivity index (χ2v) is 15.7. The fourth-order valence-corrected chi connectivity index (χ4v) is 10.9. The van der Waals surface area contributed by atoms with Crippen molar-refractivity contribution in [1.82, 2.24) is 4.90 Å². The van der Waals surface area contributed by atoms with Crippen molar-refractivity contribution in [2.45, 2.75) is 110 Å². The van der Waals surface area contributed by atoms with Crippen molar-refractivity contribution >= 4 is 5.78 Å². The third-order valence-corrected chi connectivity index (χ3v) is 13.2. The number of hydrogen-bond acceptors (Lipinski definition) is 5. The van der Waals surface area contributed by atoms with Crippen LogP contribution in [-0.4, -0.2) is 61.3 Å². The molecule has 6 aliphatic rings. The highest BCUT2D eigenvalue weighted by molar-refractivity contribution is 5.91. The van der Waals surface area contributed by atoms with Crippen LogP contribution in [0.5, 0.6) is 0 Å². The van der Waals surface area contributed by atoms with E-state index in [2.05, 4.69) is 56.9 Å². The molecule has 0 N–H and O–H groups in total. The molecular formula is C39H55NO4.